The molecule has 21 nitrogen and oxygen atoms in total. The van der Waals surface area contributed by atoms with Gasteiger partial charge in [0, 0.05) is 12.7 Å². The van der Waals surface area contributed by atoms with Crippen LogP contribution in [0.25, 0.3) is 22.2 Å². The number of aromatic nitrogens is 7. The molecule has 4 aromatic rings. The first kappa shape index (κ1) is 35.2. The van der Waals surface area contributed by atoms with Gasteiger partial charge in [-0.15, -0.1) is 0 Å². The second kappa shape index (κ2) is 14.1. The summed E-state index contributed by atoms with van der Waals surface area (Å²) in [6.07, 6.45) is -6.23. The van der Waals surface area contributed by atoms with Gasteiger partial charge in [-0.2, -0.15) is 0 Å². The maximum Gasteiger partial charge on any atom is 0.472 e. The Morgan fingerprint density at radius 2 is 1.88 bits per heavy atom. The quantitative estimate of drug-likeness (QED) is 0.0963. The van der Waals surface area contributed by atoms with Crippen molar-refractivity contribution in [1.29, 1.82) is 0 Å². The summed E-state index contributed by atoms with van der Waals surface area (Å²) in [5.41, 5.74) is 0.402. The molecule has 24 heteroatoms. The Labute approximate surface area is 280 Å². The lowest BCUT2D eigenvalue weighted by molar-refractivity contribution is -0.0575. The number of hydrogen-bond donors (Lipinski definition) is 6. The highest BCUT2D eigenvalue weighted by molar-refractivity contribution is 7.47. The average Bonchev–Trinajstić information content (AvgIpc) is 3.79. The molecule has 0 spiro atoms. The van der Waals surface area contributed by atoms with E-state index in [0.717, 1.165) is 33.8 Å². The van der Waals surface area contributed by atoms with Gasteiger partial charge in [-0.1, -0.05) is 0 Å². The van der Waals surface area contributed by atoms with Crippen molar-refractivity contribution >= 4 is 44.1 Å². The standard InChI is InChI=1S/C26H33FN8O13P2/c27-16-19(13(7-37)45-25(16)34-6-12-2-1-3-28-21-15(12)22(34)30-9-29-21)48-50(42,43)44-8-14-18(38)20(47-49(40)41)26(46-14)35-11-31-17-23(35)32-10-33(4-5-36)24(17)39/h6,9-11,13-14,16,18-20,25-26,36-38,49H,1-5,7-8H2,(H,40,41)(H,42,43)(H,28,29,30)/t13-,14-,16-,18-,19-,20-,25-,26-/m1/s1. The maximum atomic E-state index is 16.0. The van der Waals surface area contributed by atoms with Crippen molar-refractivity contribution in [3.63, 3.8) is 0 Å². The van der Waals surface area contributed by atoms with Gasteiger partial charge in [0.05, 0.1) is 38.1 Å². The number of halogens is 1. The molecule has 0 saturated carbocycles. The van der Waals surface area contributed by atoms with Crippen LogP contribution in [0.1, 0.15) is 24.4 Å². The molecule has 7 rings (SSSR count). The summed E-state index contributed by atoms with van der Waals surface area (Å²) in [7, 11) is -8.86. The molecule has 0 bridgehead atoms. The summed E-state index contributed by atoms with van der Waals surface area (Å²) in [6.45, 7) is -1.35. The third kappa shape index (κ3) is 6.40. The van der Waals surface area contributed by atoms with Crippen LogP contribution in [0.15, 0.2) is 30.0 Å². The summed E-state index contributed by atoms with van der Waals surface area (Å²) in [5.74, 6) is 0.575. The number of phosphoric ester groups is 1. The van der Waals surface area contributed by atoms with Crippen molar-refractivity contribution in [3.8, 4) is 0 Å². The molecular formula is C26H33FN8O13P2. The zero-order chi connectivity index (χ0) is 35.3. The maximum absolute atomic E-state index is 16.0. The molecule has 0 aliphatic carbocycles. The molecule has 3 aliphatic rings. The summed E-state index contributed by atoms with van der Waals surface area (Å²) >= 11 is 0. The highest BCUT2D eigenvalue weighted by Crippen LogP contribution is 2.50. The number of ether oxygens (including phenoxy) is 2. The topological polar surface area (TPSA) is 277 Å². The first-order chi connectivity index (χ1) is 24.0. The van der Waals surface area contributed by atoms with Gasteiger partial charge in [0.2, 0.25) is 0 Å². The molecule has 3 aliphatic heterocycles. The molecule has 4 aromatic heterocycles. The fourth-order valence-electron chi connectivity index (χ4n) is 6.43. The zero-order valence-electron chi connectivity index (χ0n) is 25.8. The van der Waals surface area contributed by atoms with E-state index in [4.69, 9.17) is 23.0 Å². The van der Waals surface area contributed by atoms with Gasteiger partial charge in [-0.25, -0.2) is 28.9 Å². The molecule has 0 amide bonds. The van der Waals surface area contributed by atoms with E-state index in [1.54, 1.807) is 6.20 Å². The molecule has 0 radical (unpaired) electrons. The third-order valence-corrected chi connectivity index (χ3v) is 10.2. The minimum atomic E-state index is -5.17. The van der Waals surface area contributed by atoms with Crippen molar-refractivity contribution in [1.82, 2.24) is 33.6 Å². The van der Waals surface area contributed by atoms with Crippen LogP contribution in [0.4, 0.5) is 10.2 Å². The van der Waals surface area contributed by atoms with Gasteiger partial charge >= 0.3 is 16.1 Å². The number of aryl methyl sites for hydroxylation is 1. The summed E-state index contributed by atoms with van der Waals surface area (Å²) in [5, 5.41) is 34.0. The smallest absolute Gasteiger partial charge is 0.395 e. The Morgan fingerprint density at radius 3 is 2.64 bits per heavy atom. The Balaban J connectivity index is 1.07. The van der Waals surface area contributed by atoms with Gasteiger partial charge < -0.3 is 44.5 Å². The largest absolute Gasteiger partial charge is 0.472 e. The summed E-state index contributed by atoms with van der Waals surface area (Å²) in [4.78, 5) is 49.6. The van der Waals surface area contributed by atoms with E-state index in [-0.39, 0.29) is 24.3 Å². The van der Waals surface area contributed by atoms with E-state index in [1.165, 1.54) is 10.9 Å². The van der Waals surface area contributed by atoms with Gasteiger partial charge in [0.25, 0.3) is 5.56 Å². The predicted molar refractivity (Wildman–Crippen MR) is 166 cm³/mol. The fourth-order valence-corrected chi connectivity index (χ4v) is 7.87. The number of rotatable bonds is 12. The summed E-state index contributed by atoms with van der Waals surface area (Å²) < 4.78 is 71.4. The van der Waals surface area contributed by atoms with E-state index in [1.807, 2.05) is 0 Å². The fraction of sp³-hybridized carbons (Fsp3) is 0.577. The number of alkyl halides is 1. The lowest BCUT2D eigenvalue weighted by Gasteiger charge is -2.23. The lowest BCUT2D eigenvalue weighted by atomic mass is 10.1. The Kier molecular flexibility index (Phi) is 9.89. The number of anilines is 1. The average molecular weight is 747 g/mol. The number of hydrogen-bond acceptors (Lipinski definition) is 16. The number of aliphatic hydroxyl groups is 3. The highest BCUT2D eigenvalue weighted by atomic mass is 31.2. The molecule has 10 atom stereocenters. The van der Waals surface area contributed by atoms with Crippen LogP contribution < -0.4 is 10.9 Å². The molecule has 0 aromatic carbocycles. The SMILES string of the molecule is O=c1c2ncn([C@@H]3O[C@H](COP(=O)(O)O[C@H]4[C@@H](F)[C@H](n5cc6c7c(ncnc75)NCCC6)O[C@@H]4CO)[C@@H](O)[C@H]3O[PH](=O)O)c2ncn1CCO. The van der Waals surface area contributed by atoms with E-state index in [0.29, 0.717) is 29.8 Å². The Morgan fingerprint density at radius 1 is 1.08 bits per heavy atom. The number of imidazole rings is 1. The molecule has 7 heterocycles. The summed E-state index contributed by atoms with van der Waals surface area (Å²) in [6, 6.07) is 0. The number of phosphoric acid groups is 1. The zero-order valence-corrected chi connectivity index (χ0v) is 27.7. The van der Waals surface area contributed by atoms with E-state index >= 15 is 4.39 Å². The Bertz CT molecular complexity index is 2010. The van der Waals surface area contributed by atoms with Gasteiger partial charge in [0.15, 0.2) is 29.8 Å². The molecule has 50 heavy (non-hydrogen) atoms. The van der Waals surface area contributed by atoms with Gasteiger partial charge in [0.1, 0.15) is 54.6 Å². The van der Waals surface area contributed by atoms with Crippen molar-refractivity contribution < 1.29 is 61.7 Å². The first-order valence-electron chi connectivity index (χ1n) is 15.4. The van der Waals surface area contributed by atoms with Crippen LogP contribution in [0, 0.1) is 0 Å². The second-order valence-corrected chi connectivity index (χ2v) is 13.9. The van der Waals surface area contributed by atoms with Crippen LogP contribution in [0.5, 0.6) is 0 Å². The molecule has 2 saturated heterocycles. The monoisotopic (exact) mass is 746 g/mol. The van der Waals surface area contributed by atoms with E-state index in [9.17, 15) is 39.0 Å². The van der Waals surface area contributed by atoms with Crippen LogP contribution in [-0.2, 0) is 45.1 Å². The second-order valence-electron chi connectivity index (χ2n) is 11.7. The molecule has 2 fully saturated rings. The van der Waals surface area contributed by atoms with Gasteiger partial charge in [-0.3, -0.25) is 32.1 Å². The van der Waals surface area contributed by atoms with Crippen molar-refractivity contribution in [2.75, 3.05) is 31.7 Å². The van der Waals surface area contributed by atoms with E-state index in [2.05, 4.69) is 25.3 Å². The highest BCUT2D eigenvalue weighted by Gasteiger charge is 2.52. The van der Waals surface area contributed by atoms with Crippen molar-refractivity contribution in [2.24, 2.45) is 0 Å². The minimum absolute atomic E-state index is 0.0520. The van der Waals surface area contributed by atoms with Crippen LogP contribution in [0.2, 0.25) is 0 Å². The van der Waals surface area contributed by atoms with Crippen molar-refractivity contribution in [3.05, 3.63) is 41.1 Å². The number of aliphatic hydroxyl groups excluding tert-OH is 3. The number of nitrogens with zero attached hydrogens (tertiary/aromatic N) is 7. The predicted octanol–water partition coefficient (Wildman–Crippen LogP) is -0.856. The molecule has 6 N–H and O–H groups in total. The molecular weight excluding hydrogens is 713 g/mol. The van der Waals surface area contributed by atoms with Crippen LogP contribution >= 0.6 is 16.1 Å². The third-order valence-electron chi connectivity index (χ3n) is 8.70. The minimum Gasteiger partial charge on any atom is -0.395 e. The molecule has 2 unspecified atom stereocenters. The van der Waals surface area contributed by atoms with Crippen LogP contribution in [-0.4, -0.2) is 122 Å². The number of fused-ring (bicyclic) bond motifs is 1. The van der Waals surface area contributed by atoms with E-state index < -0.39 is 84.0 Å². The van der Waals surface area contributed by atoms with Gasteiger partial charge in [-0.05, 0) is 18.4 Å². The first-order valence-corrected chi connectivity index (χ1v) is 18.2. The lowest BCUT2D eigenvalue weighted by Crippen LogP contribution is -2.35. The molecule has 272 valence electrons. The number of nitrogens with one attached hydrogen (secondary N) is 1. The normalized spacial score (nSPS) is 30.0. The van der Waals surface area contributed by atoms with Crippen LogP contribution in [0.3, 0.4) is 0 Å². The van der Waals surface area contributed by atoms with Crippen molar-refractivity contribution in [2.45, 2.75) is 68.5 Å². The Hall–Kier alpha value is -3.24.